The molecule has 1 aromatic heterocycles. The Morgan fingerprint density at radius 1 is 1.09 bits per heavy atom. The molecule has 0 atom stereocenters. The van der Waals surface area contributed by atoms with Crippen molar-refractivity contribution in [3.05, 3.63) is 82.5 Å². The van der Waals surface area contributed by atoms with Gasteiger partial charge in [-0.3, -0.25) is 9.69 Å². The van der Waals surface area contributed by atoms with E-state index in [0.717, 1.165) is 23.2 Å². The van der Waals surface area contributed by atoms with E-state index in [4.69, 9.17) is 14.1 Å². The second-order valence-electron chi connectivity index (χ2n) is 7.35. The first-order valence-electron chi connectivity index (χ1n) is 10.7. The zero-order valence-corrected chi connectivity index (χ0v) is 19.5. The normalized spacial score (nSPS) is 16.1. The third-order valence-electron chi connectivity index (χ3n) is 5.17. The Morgan fingerprint density at radius 2 is 1.85 bits per heavy atom. The smallest absolute Gasteiger partial charge is 0.338 e. The molecule has 1 saturated heterocycles. The minimum absolute atomic E-state index is 0.121. The molecule has 6 nitrogen and oxygen atoms in total. The number of nitrogens with zero attached hydrogens (tertiary/aromatic N) is 2. The van der Waals surface area contributed by atoms with E-state index in [0.29, 0.717) is 33.8 Å². The van der Waals surface area contributed by atoms with Crippen LogP contribution in [0, 0.1) is 0 Å². The van der Waals surface area contributed by atoms with Crippen molar-refractivity contribution in [1.29, 1.82) is 0 Å². The number of rotatable bonds is 6. The number of amidine groups is 1. The summed E-state index contributed by atoms with van der Waals surface area (Å²) in [6.45, 7) is 4.19. The van der Waals surface area contributed by atoms with E-state index in [1.165, 1.54) is 11.8 Å². The van der Waals surface area contributed by atoms with Crippen LogP contribution in [0.3, 0.4) is 0 Å². The van der Waals surface area contributed by atoms with Crippen LogP contribution in [0.15, 0.2) is 75.0 Å². The lowest BCUT2D eigenvalue weighted by Crippen LogP contribution is -2.23. The number of hydrogen-bond donors (Lipinski definition) is 0. The van der Waals surface area contributed by atoms with Crippen molar-refractivity contribution in [2.75, 3.05) is 13.7 Å². The Morgan fingerprint density at radius 3 is 2.58 bits per heavy atom. The van der Waals surface area contributed by atoms with Crippen LogP contribution in [-0.2, 0) is 16.0 Å². The molecule has 1 amide bonds. The van der Waals surface area contributed by atoms with Gasteiger partial charge in [0.1, 0.15) is 11.5 Å². The first kappa shape index (κ1) is 22.6. The van der Waals surface area contributed by atoms with Crippen molar-refractivity contribution >= 4 is 40.6 Å². The van der Waals surface area contributed by atoms with Crippen LogP contribution in [0.1, 0.15) is 35.5 Å². The number of likely N-dealkylation sites (N-methyl/N-ethyl adjacent to an activating group) is 1. The van der Waals surface area contributed by atoms with Gasteiger partial charge in [0.15, 0.2) is 5.17 Å². The number of para-hydroxylation sites is 1. The maximum absolute atomic E-state index is 12.8. The van der Waals surface area contributed by atoms with Gasteiger partial charge in [0.25, 0.3) is 5.91 Å². The van der Waals surface area contributed by atoms with Gasteiger partial charge >= 0.3 is 5.97 Å². The maximum atomic E-state index is 12.8. The van der Waals surface area contributed by atoms with Crippen LogP contribution < -0.4 is 0 Å². The first-order chi connectivity index (χ1) is 16.0. The van der Waals surface area contributed by atoms with Gasteiger partial charge in [0.05, 0.1) is 22.8 Å². The molecular weight excluding hydrogens is 436 g/mol. The molecular formula is C26H24N2O4S. The Hall–Kier alpha value is -3.58. The lowest BCUT2D eigenvalue weighted by atomic mass is 10.1. The zero-order valence-electron chi connectivity index (χ0n) is 18.7. The van der Waals surface area contributed by atoms with Crippen molar-refractivity contribution in [2.24, 2.45) is 4.99 Å². The third kappa shape index (κ3) is 4.93. The molecule has 2 heterocycles. The van der Waals surface area contributed by atoms with Crippen molar-refractivity contribution < 1.29 is 18.7 Å². The maximum Gasteiger partial charge on any atom is 0.338 e. The summed E-state index contributed by atoms with van der Waals surface area (Å²) < 4.78 is 10.9. The van der Waals surface area contributed by atoms with E-state index >= 15 is 0 Å². The summed E-state index contributed by atoms with van der Waals surface area (Å²) >= 11 is 1.33. The molecule has 1 fully saturated rings. The molecule has 0 saturated carbocycles. The number of ether oxygens (including phenoxy) is 1. The molecule has 0 N–H and O–H groups in total. The number of aliphatic imine (C=N–C) groups is 1. The average molecular weight is 461 g/mol. The Bertz CT molecular complexity index is 1240. The largest absolute Gasteiger partial charge is 0.462 e. The minimum Gasteiger partial charge on any atom is -0.462 e. The predicted molar refractivity (Wildman–Crippen MR) is 131 cm³/mol. The molecule has 168 valence electrons. The Labute approximate surface area is 197 Å². The molecule has 7 heteroatoms. The average Bonchev–Trinajstić information content (AvgIpc) is 3.40. The molecule has 0 spiro atoms. The number of aryl methyl sites for hydroxylation is 1. The van der Waals surface area contributed by atoms with Gasteiger partial charge in [-0.1, -0.05) is 37.3 Å². The standard InChI is InChI=1S/C26H24N2O4S/c1-4-17-8-6-7-9-21(17)27-26-28(3)24(29)23(33-26)16-20-14-15-22(32-20)18-10-12-19(13-11-18)25(30)31-5-2/h6-16H,4-5H2,1-3H3/b23-16+,27-26?. The highest BCUT2D eigenvalue weighted by Crippen LogP contribution is 2.34. The first-order valence-corrected chi connectivity index (χ1v) is 11.5. The van der Waals surface area contributed by atoms with Crippen LogP contribution >= 0.6 is 11.8 Å². The highest BCUT2D eigenvalue weighted by molar-refractivity contribution is 8.18. The summed E-state index contributed by atoms with van der Waals surface area (Å²) in [5.41, 5.74) is 3.32. The van der Waals surface area contributed by atoms with Gasteiger partial charge in [-0.25, -0.2) is 9.79 Å². The second kappa shape index (κ2) is 9.92. The molecule has 3 aromatic rings. The molecule has 0 aliphatic carbocycles. The van der Waals surface area contributed by atoms with Gasteiger partial charge in [-0.05, 0) is 61.0 Å². The fourth-order valence-corrected chi connectivity index (χ4v) is 4.33. The molecule has 4 rings (SSSR count). The topological polar surface area (TPSA) is 72.1 Å². The van der Waals surface area contributed by atoms with Crippen LogP contribution in [0.25, 0.3) is 17.4 Å². The fraction of sp³-hybridized carbons (Fsp3) is 0.192. The van der Waals surface area contributed by atoms with E-state index in [1.807, 2.05) is 36.4 Å². The van der Waals surface area contributed by atoms with Gasteiger partial charge in [0, 0.05) is 18.7 Å². The number of benzene rings is 2. The molecule has 0 radical (unpaired) electrons. The quantitative estimate of drug-likeness (QED) is 0.337. The fourth-order valence-electron chi connectivity index (χ4n) is 3.37. The summed E-state index contributed by atoms with van der Waals surface area (Å²) in [4.78, 5) is 31.4. The Kier molecular flexibility index (Phi) is 6.79. The molecule has 2 aromatic carbocycles. The van der Waals surface area contributed by atoms with Gasteiger partial charge in [0.2, 0.25) is 0 Å². The lowest BCUT2D eigenvalue weighted by Gasteiger charge is -2.08. The van der Waals surface area contributed by atoms with Gasteiger partial charge in [-0.15, -0.1) is 0 Å². The zero-order chi connectivity index (χ0) is 23.4. The number of thioether (sulfide) groups is 1. The summed E-state index contributed by atoms with van der Waals surface area (Å²) in [5, 5.41) is 0.633. The van der Waals surface area contributed by atoms with E-state index in [-0.39, 0.29) is 11.9 Å². The van der Waals surface area contributed by atoms with E-state index < -0.39 is 0 Å². The minimum atomic E-state index is -0.353. The number of furan rings is 1. The highest BCUT2D eigenvalue weighted by Gasteiger charge is 2.31. The van der Waals surface area contributed by atoms with Crippen LogP contribution in [0.2, 0.25) is 0 Å². The number of esters is 1. The van der Waals surface area contributed by atoms with Crippen molar-refractivity contribution in [2.45, 2.75) is 20.3 Å². The molecule has 1 aliphatic heterocycles. The summed E-state index contributed by atoms with van der Waals surface area (Å²) in [5.74, 6) is 0.740. The Balaban J connectivity index is 1.54. The lowest BCUT2D eigenvalue weighted by molar-refractivity contribution is -0.121. The number of carbonyl (C=O) groups is 2. The number of carbonyl (C=O) groups excluding carboxylic acids is 2. The summed E-state index contributed by atoms with van der Waals surface area (Å²) in [7, 11) is 1.72. The number of amides is 1. The van der Waals surface area contributed by atoms with E-state index in [1.54, 1.807) is 49.2 Å². The van der Waals surface area contributed by atoms with E-state index in [2.05, 4.69) is 6.92 Å². The van der Waals surface area contributed by atoms with E-state index in [9.17, 15) is 9.59 Å². The number of hydrogen-bond acceptors (Lipinski definition) is 6. The molecule has 1 aliphatic rings. The van der Waals surface area contributed by atoms with Crippen LogP contribution in [0.5, 0.6) is 0 Å². The second-order valence-corrected chi connectivity index (χ2v) is 8.36. The van der Waals surface area contributed by atoms with Crippen LogP contribution in [0.4, 0.5) is 5.69 Å². The van der Waals surface area contributed by atoms with Gasteiger partial charge < -0.3 is 9.15 Å². The molecule has 33 heavy (non-hydrogen) atoms. The monoisotopic (exact) mass is 460 g/mol. The van der Waals surface area contributed by atoms with Gasteiger partial charge in [-0.2, -0.15) is 0 Å². The third-order valence-corrected chi connectivity index (χ3v) is 6.23. The molecule has 0 bridgehead atoms. The van der Waals surface area contributed by atoms with Crippen molar-refractivity contribution in [3.8, 4) is 11.3 Å². The predicted octanol–water partition coefficient (Wildman–Crippen LogP) is 5.92. The summed E-state index contributed by atoms with van der Waals surface area (Å²) in [6.07, 6.45) is 2.60. The summed E-state index contributed by atoms with van der Waals surface area (Å²) in [6, 6.07) is 18.6. The SMILES string of the molecule is CCOC(=O)c1ccc(-c2ccc(/C=C3/SC(=Nc4ccccc4CC)N(C)C3=O)o2)cc1. The van der Waals surface area contributed by atoms with Crippen LogP contribution in [-0.4, -0.2) is 35.6 Å². The van der Waals surface area contributed by atoms with Crippen molar-refractivity contribution in [1.82, 2.24) is 4.90 Å². The molecule has 0 unspecified atom stereocenters. The van der Waals surface area contributed by atoms with Crippen molar-refractivity contribution in [3.63, 3.8) is 0 Å². The highest BCUT2D eigenvalue weighted by atomic mass is 32.2.